The van der Waals surface area contributed by atoms with Gasteiger partial charge in [-0.2, -0.15) is 0 Å². The fraction of sp³-hybridized carbons (Fsp3) is 0.417. The molecule has 0 radical (unpaired) electrons. The Morgan fingerprint density at radius 2 is 2.00 bits per heavy atom. The van der Waals surface area contributed by atoms with Crippen molar-refractivity contribution in [3.8, 4) is 0 Å². The van der Waals surface area contributed by atoms with Crippen LogP contribution in [-0.2, 0) is 11.3 Å². The number of ether oxygens (including phenoxy) is 1. The molecule has 2 rings (SSSR count). The average Bonchev–Trinajstić information content (AvgIpc) is 2.59. The van der Waals surface area contributed by atoms with Crippen molar-refractivity contribution in [1.29, 1.82) is 0 Å². The molecule has 0 fully saturated rings. The predicted octanol–water partition coefficient (Wildman–Crippen LogP) is 1.73. The zero-order valence-corrected chi connectivity index (χ0v) is 9.03. The molecule has 3 nitrogen and oxygen atoms in total. The highest BCUT2D eigenvalue weighted by molar-refractivity contribution is 5.95. The molecule has 1 aliphatic heterocycles. The molecule has 1 aliphatic rings. The molecule has 0 spiro atoms. The molecule has 80 valence electrons. The number of hydrogen-bond acceptors (Lipinski definition) is 3. The Morgan fingerprint density at radius 3 is 2.47 bits per heavy atom. The summed E-state index contributed by atoms with van der Waals surface area (Å²) in [4.78, 5) is 4.48. The first-order valence-electron chi connectivity index (χ1n) is 5.03. The molecule has 0 saturated heterocycles. The molecule has 3 heteroatoms. The fourth-order valence-electron chi connectivity index (χ4n) is 1.49. The van der Waals surface area contributed by atoms with E-state index in [-0.39, 0.29) is 12.1 Å². The molecule has 0 amide bonds. The summed E-state index contributed by atoms with van der Waals surface area (Å²) in [6.45, 7) is 4.79. The zero-order valence-electron chi connectivity index (χ0n) is 9.03. The lowest BCUT2D eigenvalue weighted by molar-refractivity contribution is 0.279. The number of rotatable bonds is 2. The third-order valence-electron chi connectivity index (χ3n) is 2.35. The average molecular weight is 205 g/mol. The summed E-state index contributed by atoms with van der Waals surface area (Å²) in [5.74, 6) is 0.699. The van der Waals surface area contributed by atoms with Crippen molar-refractivity contribution in [2.45, 2.75) is 26.0 Å². The minimum atomic E-state index is -0.120. The van der Waals surface area contributed by atoms with Crippen molar-refractivity contribution in [1.82, 2.24) is 0 Å². The van der Waals surface area contributed by atoms with E-state index < -0.39 is 0 Å². The van der Waals surface area contributed by atoms with E-state index in [4.69, 9.17) is 9.84 Å². The van der Waals surface area contributed by atoms with Crippen molar-refractivity contribution >= 4 is 5.90 Å². The zero-order chi connectivity index (χ0) is 10.9. The number of aliphatic hydroxyl groups excluding tert-OH is 1. The van der Waals surface area contributed by atoms with Crippen LogP contribution in [0.3, 0.4) is 0 Å². The Kier molecular flexibility index (Phi) is 2.49. The van der Waals surface area contributed by atoms with Crippen LogP contribution in [-0.4, -0.2) is 23.2 Å². The third-order valence-corrected chi connectivity index (χ3v) is 2.35. The van der Waals surface area contributed by atoms with E-state index in [0.717, 1.165) is 11.1 Å². The van der Waals surface area contributed by atoms with Crippen molar-refractivity contribution in [2.75, 3.05) is 6.61 Å². The number of hydrogen-bond donors (Lipinski definition) is 1. The van der Waals surface area contributed by atoms with Crippen LogP contribution in [0.15, 0.2) is 29.3 Å². The van der Waals surface area contributed by atoms with Gasteiger partial charge in [0.1, 0.15) is 6.61 Å². The molecule has 1 aromatic carbocycles. The van der Waals surface area contributed by atoms with Gasteiger partial charge in [0.2, 0.25) is 5.90 Å². The number of nitrogens with zero attached hydrogens (tertiary/aromatic N) is 1. The quantitative estimate of drug-likeness (QED) is 0.799. The highest BCUT2D eigenvalue weighted by atomic mass is 16.5. The Labute approximate surface area is 89.4 Å². The van der Waals surface area contributed by atoms with Gasteiger partial charge in [-0.1, -0.05) is 12.1 Å². The van der Waals surface area contributed by atoms with Gasteiger partial charge in [-0.05, 0) is 31.5 Å². The minimum absolute atomic E-state index is 0.0686. The molecule has 15 heavy (non-hydrogen) atoms. The van der Waals surface area contributed by atoms with Crippen molar-refractivity contribution in [3.63, 3.8) is 0 Å². The number of aliphatic hydroxyl groups is 1. The molecule has 1 N–H and O–H groups in total. The third kappa shape index (κ3) is 2.18. The van der Waals surface area contributed by atoms with Gasteiger partial charge in [-0.15, -0.1) is 0 Å². The molecule has 0 unspecified atom stereocenters. The molecular weight excluding hydrogens is 190 g/mol. The van der Waals surface area contributed by atoms with E-state index in [9.17, 15) is 0 Å². The maximum Gasteiger partial charge on any atom is 0.216 e. The Morgan fingerprint density at radius 1 is 1.33 bits per heavy atom. The predicted molar refractivity (Wildman–Crippen MR) is 58.9 cm³/mol. The van der Waals surface area contributed by atoms with Crippen LogP contribution < -0.4 is 0 Å². The Bertz CT molecular complexity index is 379. The molecule has 0 atom stereocenters. The van der Waals surface area contributed by atoms with Crippen molar-refractivity contribution in [3.05, 3.63) is 35.4 Å². The fourth-order valence-corrected chi connectivity index (χ4v) is 1.49. The van der Waals surface area contributed by atoms with Crippen molar-refractivity contribution in [2.24, 2.45) is 4.99 Å². The largest absolute Gasteiger partial charge is 0.475 e. The lowest BCUT2D eigenvalue weighted by Crippen LogP contribution is -2.17. The SMILES string of the molecule is CC1(C)COC(c2ccc(CO)cc2)=N1. The van der Waals surface area contributed by atoms with Crippen LogP contribution in [0.5, 0.6) is 0 Å². The second-order valence-corrected chi connectivity index (χ2v) is 4.37. The Hall–Kier alpha value is -1.35. The highest BCUT2D eigenvalue weighted by Gasteiger charge is 2.26. The topological polar surface area (TPSA) is 41.8 Å². The molecule has 0 aromatic heterocycles. The summed E-state index contributed by atoms with van der Waals surface area (Å²) < 4.78 is 5.52. The molecule has 1 aromatic rings. The second kappa shape index (κ2) is 3.66. The Balaban J connectivity index is 2.24. The first-order valence-corrected chi connectivity index (χ1v) is 5.03. The van der Waals surface area contributed by atoms with Crippen LogP contribution in [0, 0.1) is 0 Å². The second-order valence-electron chi connectivity index (χ2n) is 4.37. The van der Waals surface area contributed by atoms with Gasteiger partial charge in [0.15, 0.2) is 0 Å². The maximum atomic E-state index is 8.92. The van der Waals surface area contributed by atoms with E-state index in [1.807, 2.05) is 38.1 Å². The van der Waals surface area contributed by atoms with E-state index in [1.165, 1.54) is 0 Å². The van der Waals surface area contributed by atoms with Crippen LogP contribution in [0.2, 0.25) is 0 Å². The van der Waals surface area contributed by atoms with Crippen LogP contribution >= 0.6 is 0 Å². The first-order chi connectivity index (χ1) is 7.11. The van der Waals surface area contributed by atoms with E-state index >= 15 is 0 Å². The van der Waals surface area contributed by atoms with Gasteiger partial charge in [0.25, 0.3) is 0 Å². The number of benzene rings is 1. The van der Waals surface area contributed by atoms with Crippen molar-refractivity contribution < 1.29 is 9.84 Å². The summed E-state index contributed by atoms with van der Waals surface area (Å²) in [6, 6.07) is 7.61. The smallest absolute Gasteiger partial charge is 0.216 e. The van der Waals surface area contributed by atoms with Gasteiger partial charge in [0, 0.05) is 5.56 Å². The summed E-state index contributed by atoms with van der Waals surface area (Å²) in [5, 5.41) is 8.92. The monoisotopic (exact) mass is 205 g/mol. The van der Waals surface area contributed by atoms with Gasteiger partial charge in [-0.25, -0.2) is 4.99 Å². The van der Waals surface area contributed by atoms with Crippen LogP contribution in [0.1, 0.15) is 25.0 Å². The summed E-state index contributed by atoms with van der Waals surface area (Å²) in [5.41, 5.74) is 1.75. The first kappa shape index (κ1) is 10.2. The summed E-state index contributed by atoms with van der Waals surface area (Å²) >= 11 is 0. The van der Waals surface area contributed by atoms with Gasteiger partial charge in [0.05, 0.1) is 12.1 Å². The molecule has 0 bridgehead atoms. The summed E-state index contributed by atoms with van der Waals surface area (Å²) in [6.07, 6.45) is 0. The molecule has 0 aliphatic carbocycles. The molecule has 1 heterocycles. The standard InChI is InChI=1S/C12H15NO2/c1-12(2)8-15-11(13-12)10-5-3-9(7-14)4-6-10/h3-6,14H,7-8H2,1-2H3. The number of aliphatic imine (C=N–C) groups is 1. The summed E-state index contributed by atoms with van der Waals surface area (Å²) in [7, 11) is 0. The van der Waals surface area contributed by atoms with Crippen LogP contribution in [0.4, 0.5) is 0 Å². The lowest BCUT2D eigenvalue weighted by atomic mass is 10.1. The van der Waals surface area contributed by atoms with Gasteiger partial charge < -0.3 is 9.84 Å². The van der Waals surface area contributed by atoms with Crippen LogP contribution in [0.25, 0.3) is 0 Å². The molecular formula is C12H15NO2. The van der Waals surface area contributed by atoms with Gasteiger partial charge in [-0.3, -0.25) is 0 Å². The van der Waals surface area contributed by atoms with E-state index in [2.05, 4.69) is 4.99 Å². The maximum absolute atomic E-state index is 8.92. The lowest BCUT2D eigenvalue weighted by Gasteiger charge is -2.07. The van der Waals surface area contributed by atoms with E-state index in [0.29, 0.717) is 12.5 Å². The highest BCUT2D eigenvalue weighted by Crippen LogP contribution is 2.20. The van der Waals surface area contributed by atoms with E-state index in [1.54, 1.807) is 0 Å². The normalized spacial score (nSPS) is 18.5. The molecule has 0 saturated carbocycles. The minimum Gasteiger partial charge on any atom is -0.475 e. The van der Waals surface area contributed by atoms with Gasteiger partial charge >= 0.3 is 0 Å².